The zero-order valence-corrected chi connectivity index (χ0v) is 10.3. The van der Waals surface area contributed by atoms with Crippen LogP contribution in [0.1, 0.15) is 24.2 Å². The van der Waals surface area contributed by atoms with E-state index in [0.717, 1.165) is 0 Å². The topological polar surface area (TPSA) is 26.3 Å². The average Bonchev–Trinajstić information content (AvgIpc) is 2.15. The highest BCUT2D eigenvalue weighted by atomic mass is 35.5. The molecule has 0 spiro atoms. The SMILES string of the molecule is COc1c(Cl)cc(C(=O)C(C)C)cc1Cl. The second kappa shape index (κ2) is 4.86. The van der Waals surface area contributed by atoms with E-state index < -0.39 is 0 Å². The molecule has 0 N–H and O–H groups in total. The van der Waals surface area contributed by atoms with E-state index in [4.69, 9.17) is 27.9 Å². The summed E-state index contributed by atoms with van der Waals surface area (Å²) in [5.74, 6) is 0.339. The summed E-state index contributed by atoms with van der Waals surface area (Å²) in [5, 5.41) is 0.711. The van der Waals surface area contributed by atoms with Crippen LogP contribution < -0.4 is 4.74 Å². The number of carbonyl (C=O) groups is 1. The summed E-state index contributed by atoms with van der Waals surface area (Å²) >= 11 is 11.8. The Labute approximate surface area is 99.1 Å². The van der Waals surface area contributed by atoms with Crippen molar-refractivity contribution in [3.8, 4) is 5.75 Å². The first kappa shape index (κ1) is 12.3. The third-order valence-corrected chi connectivity index (χ3v) is 2.57. The van der Waals surface area contributed by atoms with Gasteiger partial charge in [0.15, 0.2) is 11.5 Å². The van der Waals surface area contributed by atoms with Gasteiger partial charge in [-0.2, -0.15) is 0 Å². The summed E-state index contributed by atoms with van der Waals surface area (Å²) in [7, 11) is 1.48. The van der Waals surface area contributed by atoms with E-state index in [1.54, 1.807) is 12.1 Å². The van der Waals surface area contributed by atoms with Crippen LogP contribution in [-0.4, -0.2) is 12.9 Å². The number of hydrogen-bond donors (Lipinski definition) is 0. The van der Waals surface area contributed by atoms with Crippen molar-refractivity contribution in [3.63, 3.8) is 0 Å². The Hall–Kier alpha value is -0.730. The molecule has 0 bridgehead atoms. The van der Waals surface area contributed by atoms with Crippen molar-refractivity contribution >= 4 is 29.0 Å². The molecule has 0 saturated carbocycles. The van der Waals surface area contributed by atoms with Crippen LogP contribution in [0.5, 0.6) is 5.75 Å². The molecule has 0 saturated heterocycles. The average molecular weight is 247 g/mol. The second-order valence-electron chi connectivity index (χ2n) is 3.49. The van der Waals surface area contributed by atoms with Crippen LogP contribution in [0.15, 0.2) is 12.1 Å². The van der Waals surface area contributed by atoms with Crippen molar-refractivity contribution in [1.82, 2.24) is 0 Å². The third-order valence-electron chi connectivity index (χ3n) is 2.01. The maximum atomic E-state index is 11.7. The summed E-state index contributed by atoms with van der Waals surface area (Å²) in [5.41, 5.74) is 0.515. The van der Waals surface area contributed by atoms with Gasteiger partial charge >= 0.3 is 0 Å². The van der Waals surface area contributed by atoms with Crippen LogP contribution in [-0.2, 0) is 0 Å². The molecule has 0 fully saturated rings. The minimum atomic E-state index is -0.0782. The summed E-state index contributed by atoms with van der Waals surface area (Å²) in [6.45, 7) is 3.66. The van der Waals surface area contributed by atoms with Gasteiger partial charge in [-0.05, 0) is 12.1 Å². The fourth-order valence-electron chi connectivity index (χ4n) is 1.23. The Kier molecular flexibility index (Phi) is 4.00. The zero-order valence-electron chi connectivity index (χ0n) is 8.80. The molecule has 1 aromatic rings. The highest BCUT2D eigenvalue weighted by Crippen LogP contribution is 2.34. The van der Waals surface area contributed by atoms with E-state index in [1.165, 1.54) is 7.11 Å². The van der Waals surface area contributed by atoms with Crippen molar-refractivity contribution in [2.24, 2.45) is 5.92 Å². The smallest absolute Gasteiger partial charge is 0.165 e. The molecule has 82 valence electrons. The van der Waals surface area contributed by atoms with E-state index in [-0.39, 0.29) is 11.7 Å². The highest BCUT2D eigenvalue weighted by molar-refractivity contribution is 6.37. The number of rotatable bonds is 3. The lowest BCUT2D eigenvalue weighted by atomic mass is 10.0. The van der Waals surface area contributed by atoms with Crippen LogP contribution in [0, 0.1) is 5.92 Å². The van der Waals surface area contributed by atoms with Gasteiger partial charge in [-0.15, -0.1) is 0 Å². The van der Waals surface area contributed by atoms with Gasteiger partial charge in [-0.1, -0.05) is 37.0 Å². The van der Waals surface area contributed by atoms with Gasteiger partial charge < -0.3 is 4.74 Å². The van der Waals surface area contributed by atoms with Gasteiger partial charge in [0.05, 0.1) is 17.2 Å². The summed E-state index contributed by atoms with van der Waals surface area (Å²) in [6.07, 6.45) is 0. The Morgan fingerprint density at radius 1 is 1.27 bits per heavy atom. The van der Waals surface area contributed by atoms with E-state index in [9.17, 15) is 4.79 Å². The standard InChI is InChI=1S/C11H12Cl2O2/c1-6(2)10(14)7-4-8(12)11(15-3)9(13)5-7/h4-6H,1-3H3. The second-order valence-corrected chi connectivity index (χ2v) is 4.31. The Morgan fingerprint density at radius 2 is 1.73 bits per heavy atom. The molecule has 0 aromatic heterocycles. The number of hydrogen-bond acceptors (Lipinski definition) is 2. The van der Waals surface area contributed by atoms with Crippen LogP contribution in [0.4, 0.5) is 0 Å². The van der Waals surface area contributed by atoms with Crippen LogP contribution in [0.2, 0.25) is 10.0 Å². The number of ether oxygens (including phenoxy) is 1. The molecule has 15 heavy (non-hydrogen) atoms. The number of methoxy groups -OCH3 is 1. The molecule has 0 aliphatic carbocycles. The van der Waals surface area contributed by atoms with E-state index in [1.807, 2.05) is 13.8 Å². The van der Waals surface area contributed by atoms with Crippen molar-refractivity contribution in [2.45, 2.75) is 13.8 Å². The molecule has 0 atom stereocenters. The molecule has 0 amide bonds. The van der Waals surface area contributed by atoms with Gasteiger partial charge in [0, 0.05) is 11.5 Å². The lowest BCUT2D eigenvalue weighted by Gasteiger charge is -2.09. The van der Waals surface area contributed by atoms with Gasteiger partial charge in [-0.25, -0.2) is 0 Å². The van der Waals surface area contributed by atoms with E-state index >= 15 is 0 Å². The number of carbonyl (C=O) groups excluding carboxylic acids is 1. The van der Waals surface area contributed by atoms with E-state index in [0.29, 0.717) is 21.4 Å². The first-order valence-electron chi connectivity index (χ1n) is 4.54. The fraction of sp³-hybridized carbons (Fsp3) is 0.364. The van der Waals surface area contributed by atoms with Gasteiger partial charge in [-0.3, -0.25) is 4.79 Å². The van der Waals surface area contributed by atoms with Gasteiger partial charge in [0.1, 0.15) is 0 Å². The van der Waals surface area contributed by atoms with Crippen LogP contribution in [0.25, 0.3) is 0 Å². The Balaban J connectivity index is 3.20. The lowest BCUT2D eigenvalue weighted by Crippen LogP contribution is -2.07. The monoisotopic (exact) mass is 246 g/mol. The summed E-state index contributed by atoms with van der Waals surface area (Å²) in [4.78, 5) is 11.7. The summed E-state index contributed by atoms with van der Waals surface area (Å²) in [6, 6.07) is 3.16. The number of halogens is 2. The fourth-order valence-corrected chi connectivity index (χ4v) is 1.87. The Bertz CT molecular complexity index is 363. The quantitative estimate of drug-likeness (QED) is 0.758. The van der Waals surface area contributed by atoms with Crippen LogP contribution >= 0.6 is 23.2 Å². The molecule has 0 aliphatic rings. The van der Waals surface area contributed by atoms with E-state index in [2.05, 4.69) is 0 Å². The minimum absolute atomic E-state index is 0.0152. The third kappa shape index (κ3) is 2.64. The molecule has 0 unspecified atom stereocenters. The number of ketones is 1. The molecule has 0 aliphatic heterocycles. The van der Waals surface area contributed by atoms with Crippen molar-refractivity contribution in [2.75, 3.05) is 7.11 Å². The zero-order chi connectivity index (χ0) is 11.6. The molecule has 1 aromatic carbocycles. The maximum absolute atomic E-state index is 11.7. The lowest BCUT2D eigenvalue weighted by molar-refractivity contribution is 0.0939. The van der Waals surface area contributed by atoms with Crippen molar-refractivity contribution in [3.05, 3.63) is 27.7 Å². The minimum Gasteiger partial charge on any atom is -0.494 e. The predicted molar refractivity (Wildman–Crippen MR) is 62.2 cm³/mol. The van der Waals surface area contributed by atoms with Crippen LogP contribution in [0.3, 0.4) is 0 Å². The molecule has 2 nitrogen and oxygen atoms in total. The molecule has 1 rings (SSSR count). The predicted octanol–water partition coefficient (Wildman–Crippen LogP) is 3.84. The normalized spacial score (nSPS) is 10.5. The van der Waals surface area contributed by atoms with Crippen molar-refractivity contribution < 1.29 is 9.53 Å². The molecule has 0 heterocycles. The largest absolute Gasteiger partial charge is 0.494 e. The molecule has 0 radical (unpaired) electrons. The number of Topliss-reactive ketones (excluding diaryl/α,β-unsaturated/α-hetero) is 1. The first-order valence-corrected chi connectivity index (χ1v) is 5.30. The van der Waals surface area contributed by atoms with Gasteiger partial charge in [0.2, 0.25) is 0 Å². The maximum Gasteiger partial charge on any atom is 0.165 e. The molecular weight excluding hydrogens is 235 g/mol. The van der Waals surface area contributed by atoms with Crippen molar-refractivity contribution in [1.29, 1.82) is 0 Å². The molecule has 4 heteroatoms. The molecular formula is C11H12Cl2O2. The highest BCUT2D eigenvalue weighted by Gasteiger charge is 2.15. The Morgan fingerprint density at radius 3 is 2.07 bits per heavy atom. The first-order chi connectivity index (χ1) is 6.97. The van der Waals surface area contributed by atoms with Gasteiger partial charge in [0.25, 0.3) is 0 Å². The number of benzene rings is 1. The summed E-state index contributed by atoms with van der Waals surface area (Å²) < 4.78 is 5.00.